The fourth-order valence-electron chi connectivity index (χ4n) is 4.37. The quantitative estimate of drug-likeness (QED) is 0.509. The summed E-state index contributed by atoms with van der Waals surface area (Å²) in [6.45, 7) is 5.61. The number of amides is 1. The zero-order valence-corrected chi connectivity index (χ0v) is 19.2. The summed E-state index contributed by atoms with van der Waals surface area (Å²) in [5, 5.41) is 3.02. The zero-order valence-electron chi connectivity index (χ0n) is 19.2. The van der Waals surface area contributed by atoms with Crippen molar-refractivity contribution in [1.82, 2.24) is 14.9 Å². The molecule has 1 atom stereocenters. The third kappa shape index (κ3) is 5.60. The highest BCUT2D eigenvalue weighted by Gasteiger charge is 2.28. The number of carbonyl (C=O) groups excluding carboxylic acids is 1. The highest BCUT2D eigenvalue weighted by atomic mass is 16.5. The summed E-state index contributed by atoms with van der Waals surface area (Å²) in [6, 6.07) is 17.7. The number of hydrogen-bond donors (Lipinski definition) is 1. The standard InChI is InChI=1S/C26H32N4O3/c1-2-33-17-9-15-27-25(31)21-12-8-16-29(19-21)24-26(32)30(18-20-10-4-3-5-11-20)23-14-7-6-13-22(23)28-24/h3-7,10-11,13-14,21H,2,8-9,12,15-19H2,1H3,(H,27,31)/t21-/m0/s1. The minimum absolute atomic E-state index is 0.0431. The van der Waals surface area contributed by atoms with Crippen molar-refractivity contribution >= 4 is 22.8 Å². The second-order valence-corrected chi connectivity index (χ2v) is 8.43. The number of aromatic nitrogens is 2. The van der Waals surface area contributed by atoms with Gasteiger partial charge >= 0.3 is 0 Å². The largest absolute Gasteiger partial charge is 0.382 e. The summed E-state index contributed by atoms with van der Waals surface area (Å²) in [5.41, 5.74) is 2.54. The Hall–Kier alpha value is -3.19. The molecule has 7 heteroatoms. The first kappa shape index (κ1) is 23.0. The van der Waals surface area contributed by atoms with Gasteiger partial charge in [0.2, 0.25) is 5.91 Å². The van der Waals surface area contributed by atoms with Crippen LogP contribution in [0.3, 0.4) is 0 Å². The van der Waals surface area contributed by atoms with Gasteiger partial charge < -0.3 is 15.0 Å². The number of nitrogens with zero attached hydrogens (tertiary/aromatic N) is 3. The van der Waals surface area contributed by atoms with Crippen LogP contribution in [0.2, 0.25) is 0 Å². The van der Waals surface area contributed by atoms with E-state index in [1.807, 2.05) is 66.4 Å². The molecule has 1 fully saturated rings. The topological polar surface area (TPSA) is 76.5 Å². The molecule has 0 bridgehead atoms. The van der Waals surface area contributed by atoms with Gasteiger partial charge in [-0.05, 0) is 43.9 Å². The van der Waals surface area contributed by atoms with Crippen molar-refractivity contribution in [3.05, 3.63) is 70.5 Å². The van der Waals surface area contributed by atoms with Gasteiger partial charge in [0.05, 0.1) is 23.5 Å². The first-order valence-corrected chi connectivity index (χ1v) is 11.8. The van der Waals surface area contributed by atoms with Gasteiger partial charge in [0, 0.05) is 32.8 Å². The van der Waals surface area contributed by atoms with E-state index < -0.39 is 0 Å². The number of nitrogens with one attached hydrogen (secondary N) is 1. The van der Waals surface area contributed by atoms with Crippen LogP contribution in [0.15, 0.2) is 59.4 Å². The van der Waals surface area contributed by atoms with E-state index in [-0.39, 0.29) is 17.4 Å². The number of fused-ring (bicyclic) bond motifs is 1. The predicted molar refractivity (Wildman–Crippen MR) is 131 cm³/mol. The van der Waals surface area contributed by atoms with Crippen LogP contribution in [0.5, 0.6) is 0 Å². The van der Waals surface area contributed by atoms with Gasteiger partial charge in [0.15, 0.2) is 5.82 Å². The third-order valence-corrected chi connectivity index (χ3v) is 6.08. The number of para-hydroxylation sites is 2. The second-order valence-electron chi connectivity index (χ2n) is 8.43. The maximum atomic E-state index is 13.6. The SMILES string of the molecule is CCOCCCNC(=O)[C@H]1CCCN(c2nc3ccccc3n(Cc3ccccc3)c2=O)C1. The maximum absolute atomic E-state index is 13.6. The van der Waals surface area contributed by atoms with Gasteiger partial charge in [-0.3, -0.25) is 14.2 Å². The van der Waals surface area contributed by atoms with Crippen molar-refractivity contribution in [2.24, 2.45) is 5.92 Å². The molecular weight excluding hydrogens is 416 g/mol. The normalized spacial score (nSPS) is 16.2. The molecule has 2 aromatic carbocycles. The Morgan fingerprint density at radius 2 is 1.94 bits per heavy atom. The van der Waals surface area contributed by atoms with Crippen LogP contribution in [-0.2, 0) is 16.1 Å². The molecule has 1 N–H and O–H groups in total. The third-order valence-electron chi connectivity index (χ3n) is 6.08. The van der Waals surface area contributed by atoms with Crippen LogP contribution >= 0.6 is 0 Å². The molecule has 1 aliphatic rings. The Morgan fingerprint density at radius 3 is 2.76 bits per heavy atom. The minimum Gasteiger partial charge on any atom is -0.382 e. The average molecular weight is 449 g/mol. The molecule has 0 spiro atoms. The number of anilines is 1. The Balaban J connectivity index is 1.55. The number of carbonyl (C=O) groups is 1. The molecule has 1 aliphatic heterocycles. The van der Waals surface area contributed by atoms with Crippen LogP contribution in [0.1, 0.15) is 31.7 Å². The van der Waals surface area contributed by atoms with Crippen molar-refractivity contribution < 1.29 is 9.53 Å². The molecule has 1 saturated heterocycles. The molecule has 2 heterocycles. The lowest BCUT2D eigenvalue weighted by atomic mass is 9.97. The summed E-state index contributed by atoms with van der Waals surface area (Å²) >= 11 is 0. The fraction of sp³-hybridized carbons (Fsp3) is 0.423. The van der Waals surface area contributed by atoms with Gasteiger partial charge in [0.1, 0.15) is 0 Å². The number of hydrogen-bond acceptors (Lipinski definition) is 5. The maximum Gasteiger partial charge on any atom is 0.294 e. The predicted octanol–water partition coefficient (Wildman–Crippen LogP) is 3.20. The molecule has 7 nitrogen and oxygen atoms in total. The first-order chi connectivity index (χ1) is 16.2. The molecule has 0 aliphatic carbocycles. The van der Waals surface area contributed by atoms with E-state index in [0.717, 1.165) is 42.4 Å². The Kier molecular flexibility index (Phi) is 7.73. The van der Waals surface area contributed by atoms with Crippen molar-refractivity contribution in [2.75, 3.05) is 37.7 Å². The van der Waals surface area contributed by atoms with Crippen LogP contribution in [0, 0.1) is 5.92 Å². The van der Waals surface area contributed by atoms with Crippen molar-refractivity contribution in [2.45, 2.75) is 32.7 Å². The minimum atomic E-state index is -0.152. The van der Waals surface area contributed by atoms with Crippen LogP contribution < -0.4 is 15.8 Å². The van der Waals surface area contributed by atoms with Crippen molar-refractivity contribution in [1.29, 1.82) is 0 Å². The van der Waals surface area contributed by atoms with Gasteiger partial charge in [0.25, 0.3) is 5.56 Å². The van der Waals surface area contributed by atoms with Gasteiger partial charge in [-0.15, -0.1) is 0 Å². The van der Waals surface area contributed by atoms with Gasteiger partial charge in [-0.1, -0.05) is 42.5 Å². The summed E-state index contributed by atoms with van der Waals surface area (Å²) < 4.78 is 7.13. The average Bonchev–Trinajstić information content (AvgIpc) is 2.86. The highest BCUT2D eigenvalue weighted by Crippen LogP contribution is 2.22. The van der Waals surface area contributed by atoms with E-state index in [9.17, 15) is 9.59 Å². The molecular formula is C26H32N4O3. The van der Waals surface area contributed by atoms with E-state index >= 15 is 0 Å². The number of benzene rings is 2. The smallest absolute Gasteiger partial charge is 0.294 e. The molecule has 0 radical (unpaired) electrons. The van der Waals surface area contributed by atoms with Crippen molar-refractivity contribution in [3.63, 3.8) is 0 Å². The van der Waals surface area contributed by atoms with E-state index in [2.05, 4.69) is 5.32 Å². The van der Waals surface area contributed by atoms with Crippen molar-refractivity contribution in [3.8, 4) is 0 Å². The number of rotatable bonds is 9. The summed E-state index contributed by atoms with van der Waals surface area (Å²) in [5.74, 6) is 0.321. The van der Waals surface area contributed by atoms with Gasteiger partial charge in [-0.2, -0.15) is 0 Å². The van der Waals surface area contributed by atoms with E-state index in [4.69, 9.17) is 9.72 Å². The lowest BCUT2D eigenvalue weighted by Crippen LogP contribution is -2.46. The van der Waals surface area contributed by atoms with Crippen LogP contribution in [0.4, 0.5) is 5.82 Å². The van der Waals surface area contributed by atoms with E-state index in [1.165, 1.54) is 0 Å². The monoisotopic (exact) mass is 448 g/mol. The number of piperidine rings is 1. The van der Waals surface area contributed by atoms with Crippen LogP contribution in [-0.4, -0.2) is 48.3 Å². The first-order valence-electron chi connectivity index (χ1n) is 11.8. The molecule has 1 aromatic heterocycles. The Bertz CT molecular complexity index is 1130. The number of ether oxygens (including phenoxy) is 1. The van der Waals surface area contributed by atoms with Gasteiger partial charge in [-0.25, -0.2) is 4.98 Å². The lowest BCUT2D eigenvalue weighted by Gasteiger charge is -2.32. The molecule has 174 valence electrons. The summed E-state index contributed by atoms with van der Waals surface area (Å²) in [4.78, 5) is 33.0. The zero-order chi connectivity index (χ0) is 23.0. The second kappa shape index (κ2) is 11.1. The van der Waals surface area contributed by atoms with E-state index in [1.54, 1.807) is 4.57 Å². The molecule has 33 heavy (non-hydrogen) atoms. The molecule has 3 aromatic rings. The fourth-order valence-corrected chi connectivity index (χ4v) is 4.37. The highest BCUT2D eigenvalue weighted by molar-refractivity contribution is 5.80. The Morgan fingerprint density at radius 1 is 1.15 bits per heavy atom. The summed E-state index contributed by atoms with van der Waals surface area (Å²) in [7, 11) is 0. The lowest BCUT2D eigenvalue weighted by molar-refractivity contribution is -0.125. The van der Waals surface area contributed by atoms with Crippen LogP contribution in [0.25, 0.3) is 11.0 Å². The van der Waals surface area contributed by atoms with E-state index in [0.29, 0.717) is 38.7 Å². The Labute approximate surface area is 194 Å². The summed E-state index contributed by atoms with van der Waals surface area (Å²) in [6.07, 6.45) is 2.47. The molecule has 0 unspecified atom stereocenters. The molecule has 0 saturated carbocycles. The molecule has 1 amide bonds. The molecule has 4 rings (SSSR count).